The second-order valence-electron chi connectivity index (χ2n) is 3.90. The predicted octanol–water partition coefficient (Wildman–Crippen LogP) is 2.79. The van der Waals surface area contributed by atoms with E-state index < -0.39 is 0 Å². The van der Waals surface area contributed by atoms with Crippen LogP contribution in [0, 0.1) is 12.3 Å². The Morgan fingerprint density at radius 3 is 2.50 bits per heavy atom. The van der Waals surface area contributed by atoms with Gasteiger partial charge in [0.25, 0.3) is 0 Å². The Labute approximate surface area is 105 Å². The summed E-state index contributed by atoms with van der Waals surface area (Å²) in [5, 5.41) is 2.87. The van der Waals surface area contributed by atoms with Crippen LogP contribution in [0.25, 0.3) is 0 Å². The quantitative estimate of drug-likeness (QED) is 0.344. The van der Waals surface area contributed by atoms with Gasteiger partial charge in [-0.15, -0.1) is 12.3 Å². The van der Waals surface area contributed by atoms with Gasteiger partial charge >= 0.3 is 0 Å². The highest BCUT2D eigenvalue weighted by Crippen LogP contribution is 2.05. The minimum Gasteiger partial charge on any atom is -0.356 e. The van der Waals surface area contributed by atoms with Gasteiger partial charge in [0, 0.05) is 19.4 Å². The van der Waals surface area contributed by atoms with Crippen molar-refractivity contribution in [2.24, 2.45) is 0 Å². The highest BCUT2D eigenvalue weighted by Gasteiger charge is 1.99. The third kappa shape index (κ3) is 11.5. The van der Waals surface area contributed by atoms with Gasteiger partial charge in [0.2, 0.25) is 5.91 Å². The number of terminal acetylenes is 1. The number of amides is 1. The molecule has 0 saturated carbocycles. The molecule has 1 N–H and O–H groups in total. The number of carbonyl (C=O) groups excluding carboxylic acids is 1. The topological polar surface area (TPSA) is 29.1 Å². The second-order valence-corrected chi connectivity index (χ2v) is 4.35. The molecule has 0 radical (unpaired) electrons. The molecule has 0 bridgehead atoms. The molecule has 3 heteroatoms. The van der Waals surface area contributed by atoms with Crippen molar-refractivity contribution < 1.29 is 4.79 Å². The number of unbranched alkanes of at least 4 members (excludes halogenated alkanes) is 5. The van der Waals surface area contributed by atoms with Crippen LogP contribution in [0.1, 0.15) is 51.4 Å². The minimum atomic E-state index is 0.159. The van der Waals surface area contributed by atoms with E-state index in [1.54, 1.807) is 0 Å². The van der Waals surface area contributed by atoms with E-state index in [2.05, 4.69) is 23.9 Å². The maximum atomic E-state index is 11.3. The van der Waals surface area contributed by atoms with Crippen LogP contribution in [0.5, 0.6) is 0 Å². The molecule has 0 aliphatic heterocycles. The largest absolute Gasteiger partial charge is 0.356 e. The zero-order chi connectivity index (χ0) is 12.1. The van der Waals surface area contributed by atoms with Crippen molar-refractivity contribution in [2.45, 2.75) is 51.4 Å². The zero-order valence-corrected chi connectivity index (χ0v) is 10.9. The lowest BCUT2D eigenvalue weighted by Crippen LogP contribution is -2.23. The van der Waals surface area contributed by atoms with E-state index in [0.717, 1.165) is 31.4 Å². The first-order valence-corrected chi connectivity index (χ1v) is 6.75. The van der Waals surface area contributed by atoms with Crippen LogP contribution >= 0.6 is 12.6 Å². The van der Waals surface area contributed by atoms with Crippen molar-refractivity contribution in [1.82, 2.24) is 5.32 Å². The van der Waals surface area contributed by atoms with Crippen molar-refractivity contribution in [3.8, 4) is 12.3 Å². The molecule has 0 fully saturated rings. The van der Waals surface area contributed by atoms with Gasteiger partial charge in [0.15, 0.2) is 0 Å². The maximum absolute atomic E-state index is 11.3. The van der Waals surface area contributed by atoms with E-state index in [9.17, 15) is 4.79 Å². The smallest absolute Gasteiger partial charge is 0.219 e. The zero-order valence-electron chi connectivity index (χ0n) is 10.0. The van der Waals surface area contributed by atoms with Gasteiger partial charge < -0.3 is 5.32 Å². The monoisotopic (exact) mass is 241 g/mol. The van der Waals surface area contributed by atoms with Crippen LogP contribution in [-0.4, -0.2) is 18.2 Å². The summed E-state index contributed by atoms with van der Waals surface area (Å²) in [4.78, 5) is 11.3. The number of thiol groups is 1. The molecule has 0 aromatic heterocycles. The first-order valence-electron chi connectivity index (χ1n) is 6.12. The maximum Gasteiger partial charge on any atom is 0.219 e. The van der Waals surface area contributed by atoms with E-state index in [0.29, 0.717) is 13.0 Å². The fourth-order valence-electron chi connectivity index (χ4n) is 1.43. The van der Waals surface area contributed by atoms with E-state index in [1.807, 2.05) is 0 Å². The summed E-state index contributed by atoms with van der Waals surface area (Å²) in [6.45, 7) is 0.711. The molecule has 1 amide bonds. The number of rotatable bonds is 10. The SMILES string of the molecule is C#CCCCNC(=O)CCCCCCCS. The lowest BCUT2D eigenvalue weighted by atomic mass is 10.1. The Hall–Kier alpha value is -0.620. The molecule has 0 aliphatic carbocycles. The van der Waals surface area contributed by atoms with Gasteiger partial charge in [0.1, 0.15) is 0 Å². The average Bonchev–Trinajstić information content (AvgIpc) is 2.29. The molecule has 16 heavy (non-hydrogen) atoms. The molecule has 0 atom stereocenters. The summed E-state index contributed by atoms with van der Waals surface area (Å²) in [6.07, 6.45) is 13.1. The lowest BCUT2D eigenvalue weighted by Gasteiger charge is -2.03. The number of hydrogen-bond donors (Lipinski definition) is 2. The van der Waals surface area contributed by atoms with E-state index in [4.69, 9.17) is 6.42 Å². The fraction of sp³-hybridized carbons (Fsp3) is 0.769. The summed E-state index contributed by atoms with van der Waals surface area (Å²) in [5.41, 5.74) is 0. The molecule has 0 aromatic carbocycles. The van der Waals surface area contributed by atoms with Gasteiger partial charge in [-0.05, 0) is 25.0 Å². The molecular formula is C13H23NOS. The molecule has 0 heterocycles. The first kappa shape index (κ1) is 15.4. The molecule has 0 unspecified atom stereocenters. The molecule has 92 valence electrons. The standard InChI is InChI=1S/C13H23NOS/c1-2-3-8-11-14-13(15)10-7-5-4-6-9-12-16/h1,16H,3-12H2,(H,14,15). The van der Waals surface area contributed by atoms with Gasteiger partial charge in [-0.3, -0.25) is 4.79 Å². The third-order valence-electron chi connectivity index (χ3n) is 2.38. The summed E-state index contributed by atoms with van der Waals surface area (Å²) in [5.74, 6) is 3.68. The predicted molar refractivity (Wildman–Crippen MR) is 72.6 cm³/mol. The van der Waals surface area contributed by atoms with Crippen LogP contribution in [0.3, 0.4) is 0 Å². The molecule has 0 saturated heterocycles. The molecule has 2 nitrogen and oxygen atoms in total. The summed E-state index contributed by atoms with van der Waals surface area (Å²) in [7, 11) is 0. The van der Waals surface area contributed by atoms with Crippen molar-refractivity contribution >= 4 is 18.5 Å². The second kappa shape index (κ2) is 12.4. The average molecular weight is 241 g/mol. The van der Waals surface area contributed by atoms with Crippen molar-refractivity contribution in [3.63, 3.8) is 0 Å². The van der Waals surface area contributed by atoms with E-state index in [1.165, 1.54) is 19.3 Å². The third-order valence-corrected chi connectivity index (χ3v) is 2.70. The Balaban J connectivity index is 3.15. The van der Waals surface area contributed by atoms with Crippen molar-refractivity contribution in [2.75, 3.05) is 12.3 Å². The van der Waals surface area contributed by atoms with Crippen LogP contribution in [-0.2, 0) is 4.79 Å². The molecule has 0 aromatic rings. The first-order chi connectivity index (χ1) is 7.81. The highest BCUT2D eigenvalue weighted by atomic mass is 32.1. The Morgan fingerprint density at radius 1 is 1.12 bits per heavy atom. The molecular weight excluding hydrogens is 218 g/mol. The lowest BCUT2D eigenvalue weighted by molar-refractivity contribution is -0.121. The Bertz CT molecular complexity index is 210. The summed E-state index contributed by atoms with van der Waals surface area (Å²) in [6, 6.07) is 0. The highest BCUT2D eigenvalue weighted by molar-refractivity contribution is 7.80. The Morgan fingerprint density at radius 2 is 1.81 bits per heavy atom. The van der Waals surface area contributed by atoms with Gasteiger partial charge in [-0.1, -0.05) is 19.3 Å². The van der Waals surface area contributed by atoms with E-state index >= 15 is 0 Å². The molecule has 0 aliphatic rings. The number of hydrogen-bond acceptors (Lipinski definition) is 2. The van der Waals surface area contributed by atoms with E-state index in [-0.39, 0.29) is 5.91 Å². The van der Waals surface area contributed by atoms with Gasteiger partial charge in [0.05, 0.1) is 0 Å². The van der Waals surface area contributed by atoms with Crippen molar-refractivity contribution in [1.29, 1.82) is 0 Å². The number of nitrogens with one attached hydrogen (secondary N) is 1. The Kier molecular flexibility index (Phi) is 12.0. The summed E-state index contributed by atoms with van der Waals surface area (Å²) >= 11 is 4.16. The number of carbonyl (C=O) groups is 1. The normalized spacial score (nSPS) is 9.75. The van der Waals surface area contributed by atoms with Crippen LogP contribution in [0.15, 0.2) is 0 Å². The van der Waals surface area contributed by atoms with Crippen LogP contribution < -0.4 is 5.32 Å². The summed E-state index contributed by atoms with van der Waals surface area (Å²) < 4.78 is 0. The minimum absolute atomic E-state index is 0.159. The van der Waals surface area contributed by atoms with Gasteiger partial charge in [-0.2, -0.15) is 12.6 Å². The molecule has 0 spiro atoms. The van der Waals surface area contributed by atoms with Crippen LogP contribution in [0.2, 0.25) is 0 Å². The van der Waals surface area contributed by atoms with Gasteiger partial charge in [-0.25, -0.2) is 0 Å². The molecule has 0 rings (SSSR count). The van der Waals surface area contributed by atoms with Crippen molar-refractivity contribution in [3.05, 3.63) is 0 Å². The fourth-order valence-corrected chi connectivity index (χ4v) is 1.66. The van der Waals surface area contributed by atoms with Crippen LogP contribution in [0.4, 0.5) is 0 Å².